The Labute approximate surface area is 220 Å². The van der Waals surface area contributed by atoms with Gasteiger partial charge in [0.25, 0.3) is 5.91 Å². The smallest absolute Gasteiger partial charge is 0.261 e. The number of carbonyl (C=O) groups is 2. The van der Waals surface area contributed by atoms with Gasteiger partial charge in [-0.05, 0) is 66.8 Å². The lowest BCUT2D eigenvalue weighted by molar-refractivity contribution is -0.142. The third kappa shape index (κ3) is 8.67. The highest BCUT2D eigenvalue weighted by atomic mass is 16.5. The SMILES string of the molecule is CCCCNC(=O)[C@H](Cc1ccccc1)N(Cc1cccc(OC)c1)C(=O)COc1cc(C)cc(C)c1. The lowest BCUT2D eigenvalue weighted by Crippen LogP contribution is -2.51. The van der Waals surface area contributed by atoms with Crippen molar-refractivity contribution in [1.29, 1.82) is 0 Å². The molecule has 6 nitrogen and oxygen atoms in total. The van der Waals surface area contributed by atoms with Crippen LogP contribution in [0.3, 0.4) is 0 Å². The van der Waals surface area contributed by atoms with E-state index in [9.17, 15) is 9.59 Å². The predicted molar refractivity (Wildman–Crippen MR) is 147 cm³/mol. The molecule has 0 aliphatic heterocycles. The van der Waals surface area contributed by atoms with Crippen molar-refractivity contribution in [2.75, 3.05) is 20.3 Å². The highest BCUT2D eigenvalue weighted by molar-refractivity contribution is 5.88. The Balaban J connectivity index is 1.91. The number of carbonyl (C=O) groups excluding carboxylic acids is 2. The molecule has 3 aromatic rings. The number of amides is 2. The van der Waals surface area contributed by atoms with Gasteiger partial charge in [-0.25, -0.2) is 0 Å². The molecule has 0 aromatic heterocycles. The number of hydrogen-bond donors (Lipinski definition) is 1. The molecule has 0 aliphatic rings. The monoisotopic (exact) mass is 502 g/mol. The van der Waals surface area contributed by atoms with Crippen LogP contribution < -0.4 is 14.8 Å². The van der Waals surface area contributed by atoms with Gasteiger partial charge in [-0.2, -0.15) is 0 Å². The van der Waals surface area contributed by atoms with Gasteiger partial charge in [0, 0.05) is 19.5 Å². The van der Waals surface area contributed by atoms with Crippen LogP contribution in [-0.2, 0) is 22.6 Å². The quantitative estimate of drug-likeness (QED) is 0.324. The van der Waals surface area contributed by atoms with Crippen molar-refractivity contribution in [3.63, 3.8) is 0 Å². The summed E-state index contributed by atoms with van der Waals surface area (Å²) in [5, 5.41) is 3.04. The number of nitrogens with zero attached hydrogens (tertiary/aromatic N) is 1. The summed E-state index contributed by atoms with van der Waals surface area (Å²) in [4.78, 5) is 28.8. The maximum atomic E-state index is 13.7. The van der Waals surface area contributed by atoms with Crippen molar-refractivity contribution < 1.29 is 19.1 Å². The van der Waals surface area contributed by atoms with E-state index >= 15 is 0 Å². The first-order valence-corrected chi connectivity index (χ1v) is 12.8. The normalized spacial score (nSPS) is 11.5. The van der Waals surface area contributed by atoms with Crippen LogP contribution in [-0.4, -0.2) is 43.0 Å². The second-order valence-corrected chi connectivity index (χ2v) is 9.34. The average Bonchev–Trinajstić information content (AvgIpc) is 2.89. The molecule has 196 valence electrons. The van der Waals surface area contributed by atoms with Crippen LogP contribution in [0.15, 0.2) is 72.8 Å². The summed E-state index contributed by atoms with van der Waals surface area (Å²) in [5.74, 6) is 0.913. The molecule has 0 fully saturated rings. The molecule has 0 radical (unpaired) electrons. The standard InChI is InChI=1S/C31H38N2O4/c1-5-6-15-32-31(35)29(20-25-11-8-7-9-12-25)33(21-26-13-10-14-27(19-26)36-4)30(34)22-37-28-17-23(2)16-24(3)18-28/h7-14,16-19,29H,5-6,15,20-22H2,1-4H3,(H,32,35)/t29-/m0/s1. The lowest BCUT2D eigenvalue weighted by atomic mass is 10.0. The molecular weight excluding hydrogens is 464 g/mol. The zero-order chi connectivity index (χ0) is 26.6. The van der Waals surface area contributed by atoms with E-state index < -0.39 is 6.04 Å². The summed E-state index contributed by atoms with van der Waals surface area (Å²) in [6.07, 6.45) is 2.25. The van der Waals surface area contributed by atoms with E-state index in [1.807, 2.05) is 80.6 Å². The van der Waals surface area contributed by atoms with Gasteiger partial charge in [-0.3, -0.25) is 9.59 Å². The van der Waals surface area contributed by atoms with E-state index in [4.69, 9.17) is 9.47 Å². The number of ether oxygens (including phenoxy) is 2. The number of hydrogen-bond acceptors (Lipinski definition) is 4. The van der Waals surface area contributed by atoms with Crippen LogP contribution in [0.4, 0.5) is 0 Å². The van der Waals surface area contributed by atoms with Crippen molar-refractivity contribution in [3.8, 4) is 11.5 Å². The van der Waals surface area contributed by atoms with Crippen LogP contribution in [0, 0.1) is 13.8 Å². The van der Waals surface area contributed by atoms with E-state index in [0.29, 0.717) is 24.5 Å². The van der Waals surface area contributed by atoms with Gasteiger partial charge < -0.3 is 19.7 Å². The van der Waals surface area contributed by atoms with Gasteiger partial charge in [-0.1, -0.05) is 61.9 Å². The molecule has 0 spiro atoms. The average molecular weight is 503 g/mol. The second kappa shape index (κ2) is 14.1. The fraction of sp³-hybridized carbons (Fsp3) is 0.355. The molecule has 6 heteroatoms. The number of nitrogens with one attached hydrogen (secondary N) is 1. The number of aryl methyl sites for hydroxylation is 2. The van der Waals surface area contributed by atoms with Crippen LogP contribution in [0.2, 0.25) is 0 Å². The minimum Gasteiger partial charge on any atom is -0.497 e. The molecular formula is C31H38N2O4. The fourth-order valence-corrected chi connectivity index (χ4v) is 4.27. The fourth-order valence-electron chi connectivity index (χ4n) is 4.27. The zero-order valence-electron chi connectivity index (χ0n) is 22.3. The number of methoxy groups -OCH3 is 1. The molecule has 0 bridgehead atoms. The van der Waals surface area contributed by atoms with Gasteiger partial charge in [-0.15, -0.1) is 0 Å². The van der Waals surface area contributed by atoms with Gasteiger partial charge in [0.15, 0.2) is 6.61 Å². The van der Waals surface area contributed by atoms with Crippen LogP contribution in [0.1, 0.15) is 42.0 Å². The first-order valence-electron chi connectivity index (χ1n) is 12.8. The first kappa shape index (κ1) is 27.8. The summed E-state index contributed by atoms with van der Waals surface area (Å²) in [7, 11) is 1.61. The Morgan fingerprint density at radius 1 is 0.892 bits per heavy atom. The van der Waals surface area contributed by atoms with Gasteiger partial charge >= 0.3 is 0 Å². The first-order chi connectivity index (χ1) is 17.9. The predicted octanol–water partition coefficient (Wildman–Crippen LogP) is 5.25. The summed E-state index contributed by atoms with van der Waals surface area (Å²) < 4.78 is 11.3. The highest BCUT2D eigenvalue weighted by Gasteiger charge is 2.30. The molecule has 3 rings (SSSR count). The summed E-state index contributed by atoms with van der Waals surface area (Å²) in [6, 6.07) is 22.5. The minimum absolute atomic E-state index is 0.166. The van der Waals surface area contributed by atoms with Crippen molar-refractivity contribution in [1.82, 2.24) is 10.2 Å². The van der Waals surface area contributed by atoms with E-state index in [2.05, 4.69) is 18.3 Å². The molecule has 1 N–H and O–H groups in total. The maximum absolute atomic E-state index is 13.7. The minimum atomic E-state index is -0.694. The van der Waals surface area contributed by atoms with Crippen molar-refractivity contribution >= 4 is 11.8 Å². The Morgan fingerprint density at radius 2 is 1.59 bits per heavy atom. The Morgan fingerprint density at radius 3 is 2.27 bits per heavy atom. The molecule has 0 saturated carbocycles. The Kier molecular flexibility index (Phi) is 10.6. The Hall–Kier alpha value is -3.80. The number of rotatable bonds is 13. The summed E-state index contributed by atoms with van der Waals surface area (Å²) in [5.41, 5.74) is 3.98. The molecule has 0 saturated heterocycles. The lowest BCUT2D eigenvalue weighted by Gasteiger charge is -2.31. The van der Waals surface area contributed by atoms with Gasteiger partial charge in [0.1, 0.15) is 17.5 Å². The van der Waals surface area contributed by atoms with E-state index in [0.717, 1.165) is 35.1 Å². The largest absolute Gasteiger partial charge is 0.497 e. The van der Waals surface area contributed by atoms with Crippen LogP contribution in [0.25, 0.3) is 0 Å². The van der Waals surface area contributed by atoms with E-state index in [1.165, 1.54) is 0 Å². The van der Waals surface area contributed by atoms with Crippen molar-refractivity contribution in [3.05, 3.63) is 95.1 Å². The summed E-state index contributed by atoms with van der Waals surface area (Å²) >= 11 is 0. The third-order valence-corrected chi connectivity index (χ3v) is 6.15. The molecule has 0 unspecified atom stereocenters. The molecule has 3 aromatic carbocycles. The molecule has 37 heavy (non-hydrogen) atoms. The van der Waals surface area contributed by atoms with E-state index in [1.54, 1.807) is 12.0 Å². The highest BCUT2D eigenvalue weighted by Crippen LogP contribution is 2.20. The van der Waals surface area contributed by atoms with E-state index in [-0.39, 0.29) is 25.0 Å². The van der Waals surface area contributed by atoms with Gasteiger partial charge in [0.2, 0.25) is 5.91 Å². The molecule has 0 aliphatic carbocycles. The van der Waals surface area contributed by atoms with Crippen LogP contribution >= 0.6 is 0 Å². The maximum Gasteiger partial charge on any atom is 0.261 e. The third-order valence-electron chi connectivity index (χ3n) is 6.15. The second-order valence-electron chi connectivity index (χ2n) is 9.34. The van der Waals surface area contributed by atoms with Crippen LogP contribution in [0.5, 0.6) is 11.5 Å². The topological polar surface area (TPSA) is 67.9 Å². The summed E-state index contributed by atoms with van der Waals surface area (Å²) in [6.45, 7) is 6.73. The van der Waals surface area contributed by atoms with Crippen molar-refractivity contribution in [2.45, 2.75) is 52.6 Å². The molecule has 0 heterocycles. The number of benzene rings is 3. The van der Waals surface area contributed by atoms with Crippen molar-refractivity contribution in [2.24, 2.45) is 0 Å². The van der Waals surface area contributed by atoms with Gasteiger partial charge in [0.05, 0.1) is 7.11 Å². The molecule has 2 amide bonds. The number of unbranched alkanes of at least 4 members (excludes halogenated alkanes) is 1. The Bertz CT molecular complexity index is 1140. The molecule has 1 atom stereocenters. The zero-order valence-corrected chi connectivity index (χ0v) is 22.3.